The van der Waals surface area contributed by atoms with Crippen LogP contribution >= 0.6 is 34.2 Å². The van der Waals surface area contributed by atoms with Gasteiger partial charge in [0.2, 0.25) is 0 Å². The Kier molecular flexibility index (Phi) is 5.00. The molecule has 0 bridgehead atoms. The standard InChI is InChI=1S/C15H8ClIN2O3/c16-12-6-10(15(20)14(17)7-12)5-11(8-18)9-1-3-13(4-2-9)19(21)22/h1-7,20H. The van der Waals surface area contributed by atoms with Crippen molar-refractivity contribution in [2.45, 2.75) is 0 Å². The molecule has 0 unspecified atom stereocenters. The van der Waals surface area contributed by atoms with E-state index in [-0.39, 0.29) is 17.0 Å². The predicted octanol–water partition coefficient (Wildman–Crippen LogP) is 4.62. The first-order valence-electron chi connectivity index (χ1n) is 5.97. The highest BCUT2D eigenvalue weighted by molar-refractivity contribution is 14.1. The lowest BCUT2D eigenvalue weighted by atomic mass is 10.0. The van der Waals surface area contributed by atoms with E-state index in [4.69, 9.17) is 11.6 Å². The fourth-order valence-electron chi connectivity index (χ4n) is 1.79. The van der Waals surface area contributed by atoms with Gasteiger partial charge < -0.3 is 5.11 Å². The van der Waals surface area contributed by atoms with Crippen molar-refractivity contribution >= 4 is 51.5 Å². The lowest BCUT2D eigenvalue weighted by Gasteiger charge is -2.05. The maximum atomic E-state index is 10.6. The van der Waals surface area contributed by atoms with E-state index in [2.05, 4.69) is 0 Å². The second kappa shape index (κ2) is 6.77. The molecule has 2 rings (SSSR count). The summed E-state index contributed by atoms with van der Waals surface area (Å²) in [6.07, 6.45) is 1.49. The minimum absolute atomic E-state index is 0.0275. The topological polar surface area (TPSA) is 87.2 Å². The molecule has 0 heterocycles. The van der Waals surface area contributed by atoms with Crippen molar-refractivity contribution in [1.82, 2.24) is 0 Å². The number of nitriles is 1. The molecule has 0 aliphatic heterocycles. The van der Waals surface area contributed by atoms with Gasteiger partial charge in [0.1, 0.15) is 5.75 Å². The fourth-order valence-corrected chi connectivity index (χ4v) is 2.85. The third kappa shape index (κ3) is 3.55. The number of rotatable bonds is 3. The highest BCUT2D eigenvalue weighted by atomic mass is 127. The third-order valence-electron chi connectivity index (χ3n) is 2.87. The van der Waals surface area contributed by atoms with E-state index in [1.807, 2.05) is 28.7 Å². The van der Waals surface area contributed by atoms with Crippen molar-refractivity contribution in [3.05, 3.63) is 66.2 Å². The Morgan fingerprint density at radius 1 is 1.36 bits per heavy atom. The summed E-state index contributed by atoms with van der Waals surface area (Å²) in [5.41, 5.74) is 1.14. The van der Waals surface area contributed by atoms with Gasteiger partial charge in [-0.1, -0.05) is 11.6 Å². The maximum Gasteiger partial charge on any atom is 0.269 e. The van der Waals surface area contributed by atoms with Crippen LogP contribution in [0.4, 0.5) is 5.69 Å². The predicted molar refractivity (Wildman–Crippen MR) is 92.4 cm³/mol. The molecule has 7 heteroatoms. The Hall–Kier alpha value is -2.11. The number of allylic oxidation sites excluding steroid dienone is 1. The largest absolute Gasteiger partial charge is 0.506 e. The third-order valence-corrected chi connectivity index (χ3v) is 3.91. The van der Waals surface area contributed by atoms with E-state index >= 15 is 0 Å². The van der Waals surface area contributed by atoms with Crippen molar-refractivity contribution in [3.8, 4) is 11.8 Å². The zero-order valence-corrected chi connectivity index (χ0v) is 13.9. The van der Waals surface area contributed by atoms with Gasteiger partial charge in [0.15, 0.2) is 0 Å². The number of phenolic OH excluding ortho intramolecular Hbond substituents is 1. The summed E-state index contributed by atoms with van der Waals surface area (Å²) in [5.74, 6) is 0.0275. The van der Waals surface area contributed by atoms with Gasteiger partial charge in [-0.2, -0.15) is 5.26 Å². The first-order valence-corrected chi connectivity index (χ1v) is 7.42. The van der Waals surface area contributed by atoms with Crippen LogP contribution in [-0.2, 0) is 0 Å². The molecule has 22 heavy (non-hydrogen) atoms. The first kappa shape index (κ1) is 16.3. The quantitative estimate of drug-likeness (QED) is 0.255. The average molecular weight is 427 g/mol. The van der Waals surface area contributed by atoms with Gasteiger partial charge >= 0.3 is 0 Å². The normalized spacial score (nSPS) is 11.0. The lowest BCUT2D eigenvalue weighted by molar-refractivity contribution is -0.384. The molecule has 0 saturated carbocycles. The summed E-state index contributed by atoms with van der Waals surface area (Å²) in [6, 6.07) is 10.8. The summed E-state index contributed by atoms with van der Waals surface area (Å²) in [7, 11) is 0. The smallest absolute Gasteiger partial charge is 0.269 e. The van der Waals surface area contributed by atoms with E-state index in [9.17, 15) is 20.5 Å². The number of nitrogens with zero attached hydrogens (tertiary/aromatic N) is 2. The summed E-state index contributed by atoms with van der Waals surface area (Å²) in [5, 5.41) is 30.4. The van der Waals surface area contributed by atoms with Gasteiger partial charge in [0, 0.05) is 22.7 Å². The number of nitro benzene ring substituents is 1. The number of benzene rings is 2. The SMILES string of the molecule is N#CC(=Cc1cc(Cl)cc(I)c1O)c1ccc([N+](=O)[O-])cc1. The molecule has 0 aliphatic carbocycles. The van der Waals surface area contributed by atoms with Crippen molar-refractivity contribution in [2.24, 2.45) is 0 Å². The van der Waals surface area contributed by atoms with E-state index < -0.39 is 4.92 Å². The number of nitro groups is 1. The summed E-state index contributed by atoms with van der Waals surface area (Å²) in [4.78, 5) is 10.1. The average Bonchev–Trinajstić information content (AvgIpc) is 2.49. The van der Waals surface area contributed by atoms with E-state index in [1.165, 1.54) is 30.3 Å². The van der Waals surface area contributed by atoms with Crippen LogP contribution in [0.3, 0.4) is 0 Å². The number of non-ortho nitro benzene ring substituents is 1. The van der Waals surface area contributed by atoms with E-state index in [1.54, 1.807) is 12.1 Å². The van der Waals surface area contributed by atoms with Crippen LogP contribution in [-0.4, -0.2) is 10.0 Å². The Morgan fingerprint density at radius 3 is 2.55 bits per heavy atom. The first-order chi connectivity index (χ1) is 10.4. The molecule has 0 fully saturated rings. The van der Waals surface area contributed by atoms with Crippen LogP contribution in [0.2, 0.25) is 5.02 Å². The van der Waals surface area contributed by atoms with Crippen LogP contribution < -0.4 is 0 Å². The molecule has 0 aromatic heterocycles. The maximum absolute atomic E-state index is 10.6. The molecule has 5 nitrogen and oxygen atoms in total. The molecular weight excluding hydrogens is 419 g/mol. The lowest BCUT2D eigenvalue weighted by Crippen LogP contribution is -1.89. The summed E-state index contributed by atoms with van der Waals surface area (Å²) in [6.45, 7) is 0. The molecule has 0 amide bonds. The molecular formula is C15H8ClIN2O3. The van der Waals surface area contributed by atoms with Gasteiger partial charge in [-0.3, -0.25) is 10.1 Å². The number of hydrogen-bond acceptors (Lipinski definition) is 4. The second-order valence-corrected chi connectivity index (χ2v) is 5.90. The number of phenols is 1. The molecule has 1 N–H and O–H groups in total. The number of hydrogen-bond donors (Lipinski definition) is 1. The fraction of sp³-hybridized carbons (Fsp3) is 0. The molecule has 0 saturated heterocycles. The Balaban J connectivity index is 2.48. The summed E-state index contributed by atoms with van der Waals surface area (Å²) >= 11 is 7.89. The zero-order valence-electron chi connectivity index (χ0n) is 11.0. The molecule has 2 aromatic rings. The van der Waals surface area contributed by atoms with E-state index in [0.717, 1.165) is 0 Å². The minimum atomic E-state index is -0.509. The molecule has 0 radical (unpaired) electrons. The van der Waals surface area contributed by atoms with Gasteiger partial charge in [0.25, 0.3) is 5.69 Å². The summed E-state index contributed by atoms with van der Waals surface area (Å²) < 4.78 is 0.567. The number of aromatic hydroxyl groups is 1. The van der Waals surface area contributed by atoms with Gasteiger partial charge in [-0.25, -0.2) is 0 Å². The Morgan fingerprint density at radius 2 is 2.00 bits per heavy atom. The highest BCUT2D eigenvalue weighted by Crippen LogP contribution is 2.31. The Labute approximate surface area is 144 Å². The van der Waals surface area contributed by atoms with Gasteiger partial charge in [0.05, 0.1) is 20.1 Å². The van der Waals surface area contributed by atoms with Crippen molar-refractivity contribution in [2.75, 3.05) is 0 Å². The monoisotopic (exact) mass is 426 g/mol. The second-order valence-electron chi connectivity index (χ2n) is 4.30. The minimum Gasteiger partial charge on any atom is -0.506 e. The van der Waals surface area contributed by atoms with Crippen LogP contribution in [0.5, 0.6) is 5.75 Å². The van der Waals surface area contributed by atoms with E-state index in [0.29, 0.717) is 19.7 Å². The van der Waals surface area contributed by atoms with Gasteiger partial charge in [-0.15, -0.1) is 0 Å². The van der Waals surface area contributed by atoms with Crippen molar-refractivity contribution < 1.29 is 10.0 Å². The highest BCUT2D eigenvalue weighted by Gasteiger charge is 2.10. The van der Waals surface area contributed by atoms with Gasteiger partial charge in [-0.05, 0) is 58.5 Å². The van der Waals surface area contributed by atoms with Crippen molar-refractivity contribution in [1.29, 1.82) is 5.26 Å². The number of halogens is 2. The van der Waals surface area contributed by atoms with Crippen LogP contribution in [0.25, 0.3) is 11.6 Å². The van der Waals surface area contributed by atoms with Crippen molar-refractivity contribution in [3.63, 3.8) is 0 Å². The molecule has 0 atom stereocenters. The molecule has 0 spiro atoms. The molecule has 0 aliphatic rings. The molecule has 2 aromatic carbocycles. The van der Waals surface area contributed by atoms with Crippen LogP contribution in [0.1, 0.15) is 11.1 Å². The van der Waals surface area contributed by atoms with Crippen LogP contribution in [0.15, 0.2) is 36.4 Å². The Bertz CT molecular complexity index is 811. The zero-order chi connectivity index (χ0) is 16.3. The molecule has 110 valence electrons. The van der Waals surface area contributed by atoms with Crippen LogP contribution in [0, 0.1) is 25.0 Å².